The normalized spacial score (nSPS) is 18.7. The van der Waals surface area contributed by atoms with Crippen molar-refractivity contribution in [2.45, 2.75) is 51.3 Å². The zero-order chi connectivity index (χ0) is 25.8. The summed E-state index contributed by atoms with van der Waals surface area (Å²) in [4.78, 5) is 33.7. The minimum atomic E-state index is -0.504. The van der Waals surface area contributed by atoms with Crippen LogP contribution in [0.25, 0.3) is 0 Å². The Morgan fingerprint density at radius 3 is 2.73 bits per heavy atom. The highest BCUT2D eigenvalue weighted by Crippen LogP contribution is 2.45. The number of anilines is 2. The second-order valence-corrected chi connectivity index (χ2v) is 10.1. The van der Waals surface area contributed by atoms with Gasteiger partial charge in [0.05, 0.1) is 30.6 Å². The first-order valence-electron chi connectivity index (χ1n) is 12.3. The Kier molecular flexibility index (Phi) is 5.79. The lowest BCUT2D eigenvalue weighted by Gasteiger charge is -2.39. The van der Waals surface area contributed by atoms with Crippen LogP contribution in [0.1, 0.15) is 58.1 Å². The third kappa shape index (κ3) is 4.09. The summed E-state index contributed by atoms with van der Waals surface area (Å²) in [6.45, 7) is 2.21. The van der Waals surface area contributed by atoms with E-state index in [1.807, 2.05) is 19.1 Å². The van der Waals surface area contributed by atoms with Gasteiger partial charge in [0.1, 0.15) is 23.4 Å². The van der Waals surface area contributed by atoms with E-state index in [1.165, 1.54) is 13.2 Å². The summed E-state index contributed by atoms with van der Waals surface area (Å²) in [5.74, 6) is -0.283. The number of carbonyl (C=O) groups is 2. The Bertz CT molecular complexity index is 1440. The number of aromatic nitrogens is 1. The SMILES string of the molecule is COC(=O)c1cc(Cl)c2c(c1)N(C1CC1)C(=O)N(c1cc3c(cc1C)CCC(c1ncccc1F)O3)C2. The number of rotatable bonds is 4. The summed E-state index contributed by atoms with van der Waals surface area (Å²) >= 11 is 6.66. The van der Waals surface area contributed by atoms with E-state index in [0.717, 1.165) is 29.5 Å². The van der Waals surface area contributed by atoms with Gasteiger partial charge in [-0.3, -0.25) is 14.8 Å². The van der Waals surface area contributed by atoms with Crippen LogP contribution < -0.4 is 14.5 Å². The van der Waals surface area contributed by atoms with E-state index in [0.29, 0.717) is 40.6 Å². The van der Waals surface area contributed by atoms with Crippen molar-refractivity contribution in [1.82, 2.24) is 4.98 Å². The molecular weight excluding hydrogens is 497 g/mol. The number of fused-ring (bicyclic) bond motifs is 2. The molecular formula is C28H25ClFN3O4. The van der Waals surface area contributed by atoms with Gasteiger partial charge in [-0.2, -0.15) is 0 Å². The minimum absolute atomic E-state index is 0.0451. The van der Waals surface area contributed by atoms with Gasteiger partial charge in [0, 0.05) is 28.9 Å². The molecule has 2 aromatic carbocycles. The zero-order valence-electron chi connectivity index (χ0n) is 20.5. The predicted molar refractivity (Wildman–Crippen MR) is 137 cm³/mol. The van der Waals surface area contributed by atoms with Gasteiger partial charge in [-0.05, 0) is 68.0 Å². The molecule has 9 heteroatoms. The number of pyridine rings is 1. The third-order valence-electron chi connectivity index (χ3n) is 7.22. The number of esters is 1. The molecule has 190 valence electrons. The first-order chi connectivity index (χ1) is 17.9. The van der Waals surface area contributed by atoms with E-state index in [1.54, 1.807) is 34.2 Å². The Balaban J connectivity index is 1.39. The van der Waals surface area contributed by atoms with Crippen LogP contribution in [-0.2, 0) is 17.7 Å². The van der Waals surface area contributed by atoms with Crippen LogP contribution in [0.15, 0.2) is 42.6 Å². The van der Waals surface area contributed by atoms with Crippen molar-refractivity contribution >= 4 is 35.0 Å². The summed E-state index contributed by atoms with van der Waals surface area (Å²) in [5, 5.41) is 0.401. The lowest BCUT2D eigenvalue weighted by Crippen LogP contribution is -2.49. The second-order valence-electron chi connectivity index (χ2n) is 9.68. The quantitative estimate of drug-likeness (QED) is 0.385. The smallest absolute Gasteiger partial charge is 0.337 e. The summed E-state index contributed by atoms with van der Waals surface area (Å²) in [6.07, 6.45) is 4.14. The molecule has 0 bridgehead atoms. The number of hydrogen-bond acceptors (Lipinski definition) is 5. The Labute approximate surface area is 218 Å². The largest absolute Gasteiger partial charge is 0.484 e. The number of methoxy groups -OCH3 is 1. The van der Waals surface area contributed by atoms with Gasteiger partial charge in [0.15, 0.2) is 0 Å². The van der Waals surface area contributed by atoms with Gasteiger partial charge < -0.3 is 9.47 Å². The number of urea groups is 1. The molecule has 1 aliphatic carbocycles. The molecule has 0 spiro atoms. The fraction of sp³-hybridized carbons (Fsp3) is 0.321. The Morgan fingerprint density at radius 1 is 1.19 bits per heavy atom. The highest BCUT2D eigenvalue weighted by atomic mass is 35.5. The van der Waals surface area contributed by atoms with E-state index < -0.39 is 17.9 Å². The van der Waals surface area contributed by atoms with E-state index in [-0.39, 0.29) is 24.3 Å². The highest BCUT2D eigenvalue weighted by molar-refractivity contribution is 6.32. The molecule has 2 amide bonds. The zero-order valence-corrected chi connectivity index (χ0v) is 21.2. The predicted octanol–water partition coefficient (Wildman–Crippen LogP) is 6.14. The van der Waals surface area contributed by atoms with Crippen LogP contribution >= 0.6 is 11.6 Å². The fourth-order valence-corrected chi connectivity index (χ4v) is 5.50. The molecule has 6 rings (SSSR count). The average molecular weight is 522 g/mol. The molecule has 2 aliphatic heterocycles. The van der Waals surface area contributed by atoms with Crippen LogP contribution in [0, 0.1) is 12.7 Å². The average Bonchev–Trinajstić information content (AvgIpc) is 3.73. The standard InChI is InChI=1S/C28H25ClFN3O4/c1-15-10-16-5-8-24(26-21(30)4-3-9-31-26)37-25(16)13-22(15)32-14-19-20(29)11-17(27(34)36-2)12-23(19)33(28(32)35)18-6-7-18/h3-4,9-13,18,24H,5-8,14H2,1-2H3. The van der Waals surface area contributed by atoms with Crippen molar-refractivity contribution in [2.75, 3.05) is 16.9 Å². The molecule has 7 nitrogen and oxygen atoms in total. The van der Waals surface area contributed by atoms with Crippen molar-refractivity contribution in [3.05, 3.63) is 81.4 Å². The first kappa shape index (κ1) is 23.7. The summed E-state index contributed by atoms with van der Waals surface area (Å²) < 4.78 is 25.5. The van der Waals surface area contributed by atoms with Gasteiger partial charge in [-0.25, -0.2) is 14.0 Å². The van der Waals surface area contributed by atoms with Crippen molar-refractivity contribution < 1.29 is 23.5 Å². The molecule has 1 unspecified atom stereocenters. The molecule has 1 fully saturated rings. The maximum Gasteiger partial charge on any atom is 0.337 e. The molecule has 1 saturated carbocycles. The number of carbonyl (C=O) groups excluding carboxylic acids is 2. The molecule has 1 atom stereocenters. The maximum absolute atomic E-state index is 14.4. The van der Waals surface area contributed by atoms with E-state index in [2.05, 4.69) is 4.98 Å². The van der Waals surface area contributed by atoms with Crippen LogP contribution in [-0.4, -0.2) is 30.1 Å². The third-order valence-corrected chi connectivity index (χ3v) is 7.56. The van der Waals surface area contributed by atoms with Gasteiger partial charge in [-0.15, -0.1) is 0 Å². The molecule has 1 aromatic heterocycles. The summed E-state index contributed by atoms with van der Waals surface area (Å²) in [5.41, 5.74) is 4.66. The lowest BCUT2D eigenvalue weighted by atomic mass is 9.96. The molecule has 3 heterocycles. The van der Waals surface area contributed by atoms with Crippen molar-refractivity contribution in [1.29, 1.82) is 0 Å². The van der Waals surface area contributed by atoms with Crippen LogP contribution in [0.5, 0.6) is 5.75 Å². The first-order valence-corrected chi connectivity index (χ1v) is 12.7. The molecule has 3 aromatic rings. The number of benzene rings is 2. The van der Waals surface area contributed by atoms with Gasteiger partial charge in [0.2, 0.25) is 0 Å². The number of halogens is 2. The molecule has 0 radical (unpaired) electrons. The highest BCUT2D eigenvalue weighted by Gasteiger charge is 2.42. The van der Waals surface area contributed by atoms with Crippen LogP contribution in [0.3, 0.4) is 0 Å². The molecule has 37 heavy (non-hydrogen) atoms. The fourth-order valence-electron chi connectivity index (χ4n) is 5.22. The van der Waals surface area contributed by atoms with Crippen molar-refractivity contribution in [3.63, 3.8) is 0 Å². The Hall–Kier alpha value is -3.65. The number of ether oxygens (including phenoxy) is 2. The van der Waals surface area contributed by atoms with Crippen LogP contribution in [0.4, 0.5) is 20.6 Å². The summed E-state index contributed by atoms with van der Waals surface area (Å²) in [7, 11) is 1.31. The van der Waals surface area contributed by atoms with E-state index in [4.69, 9.17) is 21.1 Å². The number of aryl methyl sites for hydroxylation is 2. The van der Waals surface area contributed by atoms with Gasteiger partial charge in [-0.1, -0.05) is 17.7 Å². The monoisotopic (exact) mass is 521 g/mol. The maximum atomic E-state index is 14.4. The van der Waals surface area contributed by atoms with Crippen LogP contribution in [0.2, 0.25) is 5.02 Å². The van der Waals surface area contributed by atoms with Crippen molar-refractivity contribution in [3.8, 4) is 5.75 Å². The number of nitrogens with zero attached hydrogens (tertiary/aromatic N) is 3. The number of amides is 2. The van der Waals surface area contributed by atoms with E-state index >= 15 is 0 Å². The van der Waals surface area contributed by atoms with Crippen molar-refractivity contribution in [2.24, 2.45) is 0 Å². The lowest BCUT2D eigenvalue weighted by molar-refractivity contribution is 0.0600. The second kappa shape index (κ2) is 9.03. The molecule has 0 N–H and O–H groups in total. The van der Waals surface area contributed by atoms with Gasteiger partial charge >= 0.3 is 12.0 Å². The summed E-state index contributed by atoms with van der Waals surface area (Å²) in [6, 6.07) is 9.97. The Morgan fingerprint density at radius 2 is 2.00 bits per heavy atom. The molecule has 3 aliphatic rings. The van der Waals surface area contributed by atoms with Gasteiger partial charge in [0.25, 0.3) is 0 Å². The molecule has 0 saturated heterocycles. The topological polar surface area (TPSA) is 72.0 Å². The van der Waals surface area contributed by atoms with E-state index in [9.17, 15) is 14.0 Å². The minimum Gasteiger partial charge on any atom is -0.484 e. The number of hydrogen-bond donors (Lipinski definition) is 0.